The number of carbonyl (C=O) groups excluding carboxylic acids is 3. The Bertz CT molecular complexity index is 1280. The molecule has 178 valence electrons. The normalized spacial score (nSPS) is 19.8. The summed E-state index contributed by atoms with van der Waals surface area (Å²) in [7, 11) is 0. The number of ether oxygens (including phenoxy) is 2. The van der Waals surface area contributed by atoms with Crippen LogP contribution in [0.1, 0.15) is 33.2 Å². The van der Waals surface area contributed by atoms with Gasteiger partial charge in [-0.25, -0.2) is 0 Å². The molecular weight excluding hydrogens is 448 g/mol. The molecule has 1 atom stereocenters. The molecule has 1 unspecified atom stereocenters. The van der Waals surface area contributed by atoms with Crippen molar-refractivity contribution in [3.8, 4) is 0 Å². The number of nitrogens with one attached hydrogen (secondary N) is 1. The molecular formula is C26H24N4O5. The quantitative estimate of drug-likeness (QED) is 0.735. The predicted molar refractivity (Wildman–Crippen MR) is 128 cm³/mol. The van der Waals surface area contributed by atoms with Crippen LogP contribution in [0.2, 0.25) is 0 Å². The third-order valence-electron chi connectivity index (χ3n) is 6.31. The Morgan fingerprint density at radius 3 is 2.77 bits per heavy atom. The van der Waals surface area contributed by atoms with Crippen molar-refractivity contribution in [1.82, 2.24) is 14.8 Å². The zero-order valence-electron chi connectivity index (χ0n) is 19.2. The minimum Gasteiger partial charge on any atom is -0.454 e. The van der Waals surface area contributed by atoms with E-state index in [0.29, 0.717) is 34.9 Å². The number of nitrogens with zero attached hydrogens (tertiary/aromatic N) is 3. The van der Waals surface area contributed by atoms with E-state index >= 15 is 0 Å². The van der Waals surface area contributed by atoms with Crippen LogP contribution in [0.5, 0.6) is 0 Å². The summed E-state index contributed by atoms with van der Waals surface area (Å²) >= 11 is 0. The molecule has 35 heavy (non-hydrogen) atoms. The van der Waals surface area contributed by atoms with Crippen LogP contribution >= 0.6 is 0 Å². The van der Waals surface area contributed by atoms with Crippen LogP contribution in [0.3, 0.4) is 0 Å². The van der Waals surface area contributed by atoms with Crippen molar-refractivity contribution in [2.24, 2.45) is 0 Å². The van der Waals surface area contributed by atoms with Gasteiger partial charge in [-0.15, -0.1) is 0 Å². The fourth-order valence-corrected chi connectivity index (χ4v) is 4.40. The summed E-state index contributed by atoms with van der Waals surface area (Å²) in [4.78, 5) is 46.6. The number of fused-ring (bicyclic) bond motifs is 2. The second-order valence-electron chi connectivity index (χ2n) is 8.42. The lowest BCUT2D eigenvalue weighted by Crippen LogP contribution is -2.59. The zero-order chi connectivity index (χ0) is 24.5. The molecule has 3 amide bonds. The van der Waals surface area contributed by atoms with Crippen LogP contribution in [0.4, 0.5) is 5.69 Å². The highest BCUT2D eigenvalue weighted by Gasteiger charge is 2.40. The molecule has 1 fully saturated rings. The SMILES string of the molecule is C=CC1=C(C=C(C)c2ccc3c(c2)C(=O)N2CCN(C(=O)c4cccnc4)CC2C(=O)N3)OCO1. The number of piperazine rings is 1. The number of allylic oxidation sites excluding steroid dienone is 3. The molecule has 3 aliphatic heterocycles. The second-order valence-corrected chi connectivity index (χ2v) is 8.42. The van der Waals surface area contributed by atoms with Gasteiger partial charge < -0.3 is 24.6 Å². The Hall–Kier alpha value is -4.40. The molecule has 0 saturated carbocycles. The molecule has 5 rings (SSSR count). The van der Waals surface area contributed by atoms with Gasteiger partial charge in [0.1, 0.15) is 6.04 Å². The van der Waals surface area contributed by atoms with Crippen molar-refractivity contribution >= 4 is 29.0 Å². The van der Waals surface area contributed by atoms with Gasteiger partial charge in [0.25, 0.3) is 11.8 Å². The summed E-state index contributed by atoms with van der Waals surface area (Å²) in [6, 6.07) is 7.92. The topological polar surface area (TPSA) is 101 Å². The summed E-state index contributed by atoms with van der Waals surface area (Å²) in [5.41, 5.74) is 2.96. The number of amides is 3. The van der Waals surface area contributed by atoms with E-state index in [0.717, 1.165) is 11.1 Å². The lowest BCUT2D eigenvalue weighted by molar-refractivity contribution is -0.121. The Balaban J connectivity index is 1.40. The molecule has 1 aromatic carbocycles. The van der Waals surface area contributed by atoms with E-state index in [1.54, 1.807) is 46.3 Å². The van der Waals surface area contributed by atoms with Gasteiger partial charge >= 0.3 is 0 Å². The third kappa shape index (κ3) is 4.16. The predicted octanol–water partition coefficient (Wildman–Crippen LogP) is 2.81. The molecule has 3 aliphatic rings. The van der Waals surface area contributed by atoms with Crippen molar-refractivity contribution in [3.05, 3.63) is 89.7 Å². The summed E-state index contributed by atoms with van der Waals surface area (Å²) in [6.07, 6.45) is 6.51. The van der Waals surface area contributed by atoms with E-state index in [1.807, 2.05) is 19.1 Å². The van der Waals surface area contributed by atoms with E-state index in [2.05, 4.69) is 16.9 Å². The Morgan fingerprint density at radius 1 is 1.17 bits per heavy atom. The number of hydrogen-bond donors (Lipinski definition) is 1. The van der Waals surface area contributed by atoms with Crippen LogP contribution in [-0.2, 0) is 14.3 Å². The van der Waals surface area contributed by atoms with Crippen molar-refractivity contribution in [3.63, 3.8) is 0 Å². The standard InChI is InChI=1S/C26H24N4O5/c1-3-22-23(35-15-34-22)11-16(2)17-6-7-20-19(12-17)26(33)30-10-9-29(14-21(30)24(31)28-20)25(32)18-5-4-8-27-13-18/h3-8,11-13,21H,1,9-10,14-15H2,2H3,(H,28,31). The van der Waals surface area contributed by atoms with Crippen molar-refractivity contribution < 1.29 is 23.9 Å². The summed E-state index contributed by atoms with van der Waals surface area (Å²) in [5.74, 6) is 0.343. The van der Waals surface area contributed by atoms with E-state index in [1.165, 1.54) is 6.20 Å². The average molecular weight is 473 g/mol. The van der Waals surface area contributed by atoms with Crippen molar-refractivity contribution in [1.29, 1.82) is 0 Å². The van der Waals surface area contributed by atoms with Gasteiger partial charge in [0.05, 0.1) is 23.4 Å². The van der Waals surface area contributed by atoms with E-state index in [9.17, 15) is 14.4 Å². The highest BCUT2D eigenvalue weighted by molar-refractivity contribution is 6.10. The maximum atomic E-state index is 13.5. The first-order valence-electron chi connectivity index (χ1n) is 11.2. The van der Waals surface area contributed by atoms with Crippen LogP contribution in [0, 0.1) is 0 Å². The van der Waals surface area contributed by atoms with Crippen LogP contribution in [-0.4, -0.2) is 65.0 Å². The minimum absolute atomic E-state index is 0.112. The summed E-state index contributed by atoms with van der Waals surface area (Å²) in [5, 5.41) is 2.87. The number of benzene rings is 1. The van der Waals surface area contributed by atoms with Gasteiger partial charge in [-0.3, -0.25) is 19.4 Å². The van der Waals surface area contributed by atoms with Crippen molar-refractivity contribution in [2.45, 2.75) is 13.0 Å². The number of rotatable bonds is 4. The molecule has 0 bridgehead atoms. The molecule has 2 aromatic rings. The fourth-order valence-electron chi connectivity index (χ4n) is 4.40. The third-order valence-corrected chi connectivity index (χ3v) is 6.31. The summed E-state index contributed by atoms with van der Waals surface area (Å²) < 4.78 is 10.8. The molecule has 0 spiro atoms. The van der Waals surface area contributed by atoms with Gasteiger partial charge in [0.15, 0.2) is 11.5 Å². The van der Waals surface area contributed by atoms with E-state index in [4.69, 9.17) is 9.47 Å². The Kier molecular flexibility index (Phi) is 5.82. The molecule has 9 heteroatoms. The number of carbonyl (C=O) groups is 3. The lowest BCUT2D eigenvalue weighted by atomic mass is 10.0. The fraction of sp³-hybridized carbons (Fsp3) is 0.231. The maximum absolute atomic E-state index is 13.5. The van der Waals surface area contributed by atoms with Gasteiger partial charge in [-0.05, 0) is 54.5 Å². The molecule has 0 radical (unpaired) electrons. The van der Waals surface area contributed by atoms with E-state index in [-0.39, 0.29) is 37.6 Å². The number of aromatic nitrogens is 1. The molecule has 1 aromatic heterocycles. The summed E-state index contributed by atoms with van der Waals surface area (Å²) in [6.45, 7) is 6.45. The van der Waals surface area contributed by atoms with Crippen LogP contribution in [0.25, 0.3) is 5.57 Å². The van der Waals surface area contributed by atoms with Gasteiger partial charge in [0, 0.05) is 25.5 Å². The van der Waals surface area contributed by atoms with Gasteiger partial charge in [0.2, 0.25) is 12.7 Å². The highest BCUT2D eigenvalue weighted by Crippen LogP contribution is 2.30. The zero-order valence-corrected chi connectivity index (χ0v) is 19.2. The molecule has 1 N–H and O–H groups in total. The molecule has 9 nitrogen and oxygen atoms in total. The molecule has 0 aliphatic carbocycles. The average Bonchev–Trinajstić information content (AvgIpc) is 3.31. The largest absolute Gasteiger partial charge is 0.454 e. The Labute approximate surface area is 202 Å². The highest BCUT2D eigenvalue weighted by atomic mass is 16.7. The lowest BCUT2D eigenvalue weighted by Gasteiger charge is -2.39. The first-order chi connectivity index (χ1) is 17.0. The first kappa shape index (κ1) is 22.4. The number of anilines is 1. The van der Waals surface area contributed by atoms with Crippen LogP contribution in [0.15, 0.2) is 73.0 Å². The monoisotopic (exact) mass is 472 g/mol. The molecule has 1 saturated heterocycles. The van der Waals surface area contributed by atoms with Crippen molar-refractivity contribution in [2.75, 3.05) is 31.7 Å². The number of hydrogen-bond acceptors (Lipinski definition) is 6. The van der Waals surface area contributed by atoms with Gasteiger partial charge in [-0.2, -0.15) is 0 Å². The van der Waals surface area contributed by atoms with Gasteiger partial charge in [-0.1, -0.05) is 12.6 Å². The van der Waals surface area contributed by atoms with Crippen LogP contribution < -0.4 is 5.32 Å². The van der Waals surface area contributed by atoms with E-state index < -0.39 is 6.04 Å². The second kappa shape index (κ2) is 9.09. The first-order valence-corrected chi connectivity index (χ1v) is 11.2. The number of pyridine rings is 1. The smallest absolute Gasteiger partial charge is 0.256 e. The molecule has 4 heterocycles. The maximum Gasteiger partial charge on any atom is 0.256 e. The Morgan fingerprint density at radius 2 is 2.00 bits per heavy atom. The minimum atomic E-state index is -0.784.